The minimum absolute atomic E-state index is 0. The number of anilines is 1. The van der Waals surface area contributed by atoms with Gasteiger partial charge in [0.2, 0.25) is 10.0 Å². The lowest BCUT2D eigenvalue weighted by atomic mass is 10.1. The van der Waals surface area contributed by atoms with Gasteiger partial charge in [0.15, 0.2) is 0 Å². The SMILES string of the molecule is CCNCc1ccccc1NC(=O)c1cc(S(=O)(=O)NC2CC2)ccc1C.Cl. The van der Waals surface area contributed by atoms with Crippen LogP contribution < -0.4 is 15.4 Å². The van der Waals surface area contributed by atoms with E-state index >= 15 is 0 Å². The molecule has 0 radical (unpaired) electrons. The number of nitrogens with one attached hydrogen (secondary N) is 3. The maximum absolute atomic E-state index is 12.8. The summed E-state index contributed by atoms with van der Waals surface area (Å²) in [6, 6.07) is 12.2. The van der Waals surface area contributed by atoms with Crippen molar-refractivity contribution >= 4 is 34.0 Å². The molecule has 1 aliphatic rings. The number of amides is 1. The van der Waals surface area contributed by atoms with Crippen molar-refractivity contribution in [2.24, 2.45) is 0 Å². The van der Waals surface area contributed by atoms with Crippen molar-refractivity contribution < 1.29 is 13.2 Å². The maximum Gasteiger partial charge on any atom is 0.255 e. The third-order valence-electron chi connectivity index (χ3n) is 4.49. The molecule has 0 aliphatic heterocycles. The molecule has 1 fully saturated rings. The van der Waals surface area contributed by atoms with Crippen LogP contribution in [0.5, 0.6) is 0 Å². The summed E-state index contributed by atoms with van der Waals surface area (Å²) in [6.07, 6.45) is 1.72. The van der Waals surface area contributed by atoms with Gasteiger partial charge in [-0.15, -0.1) is 12.4 Å². The Bertz CT molecular complexity index is 943. The number of benzene rings is 2. The first-order chi connectivity index (χ1) is 12.9. The van der Waals surface area contributed by atoms with Crippen molar-refractivity contribution in [2.45, 2.75) is 44.2 Å². The Morgan fingerprint density at radius 3 is 2.54 bits per heavy atom. The molecule has 1 aliphatic carbocycles. The van der Waals surface area contributed by atoms with Gasteiger partial charge in [0.05, 0.1) is 4.90 Å². The molecular weight excluding hydrogens is 398 g/mol. The zero-order valence-corrected chi connectivity index (χ0v) is 17.6. The highest BCUT2D eigenvalue weighted by Gasteiger charge is 2.28. The van der Waals surface area contributed by atoms with Crippen molar-refractivity contribution in [1.29, 1.82) is 0 Å². The second kappa shape index (κ2) is 9.52. The molecule has 0 aromatic heterocycles. The average molecular weight is 424 g/mol. The minimum Gasteiger partial charge on any atom is -0.322 e. The molecule has 152 valence electrons. The number of rotatable bonds is 8. The van der Waals surface area contributed by atoms with Crippen molar-refractivity contribution in [3.8, 4) is 0 Å². The quantitative estimate of drug-likeness (QED) is 0.608. The fraction of sp³-hybridized carbons (Fsp3) is 0.350. The van der Waals surface area contributed by atoms with E-state index in [-0.39, 0.29) is 29.3 Å². The van der Waals surface area contributed by atoms with E-state index in [1.54, 1.807) is 13.0 Å². The monoisotopic (exact) mass is 423 g/mol. The van der Waals surface area contributed by atoms with Crippen molar-refractivity contribution in [1.82, 2.24) is 10.0 Å². The zero-order chi connectivity index (χ0) is 19.4. The summed E-state index contributed by atoms with van der Waals surface area (Å²) in [7, 11) is -3.60. The molecule has 0 unspecified atom stereocenters. The van der Waals surface area contributed by atoms with E-state index in [0.29, 0.717) is 17.8 Å². The smallest absolute Gasteiger partial charge is 0.255 e. The molecular formula is C20H26ClN3O3S. The van der Waals surface area contributed by atoms with E-state index in [4.69, 9.17) is 0 Å². The molecule has 0 heterocycles. The van der Waals surface area contributed by atoms with Gasteiger partial charge in [0.25, 0.3) is 5.91 Å². The first-order valence-corrected chi connectivity index (χ1v) is 10.6. The van der Waals surface area contributed by atoms with Crippen LogP contribution in [0.3, 0.4) is 0 Å². The molecule has 0 atom stereocenters. The summed E-state index contributed by atoms with van der Waals surface area (Å²) in [5.74, 6) is -0.320. The molecule has 1 saturated carbocycles. The van der Waals surface area contributed by atoms with Crippen molar-refractivity contribution in [3.63, 3.8) is 0 Å². The minimum atomic E-state index is -3.60. The Labute approximate surface area is 172 Å². The number of carbonyl (C=O) groups is 1. The van der Waals surface area contributed by atoms with Crippen molar-refractivity contribution in [3.05, 3.63) is 59.2 Å². The average Bonchev–Trinajstić information content (AvgIpc) is 3.44. The third-order valence-corrected chi connectivity index (χ3v) is 6.01. The zero-order valence-electron chi connectivity index (χ0n) is 16.0. The Kier molecular flexibility index (Phi) is 7.60. The number of aryl methyl sites for hydroxylation is 1. The van der Waals surface area contributed by atoms with Crippen LogP contribution in [-0.4, -0.2) is 26.9 Å². The lowest BCUT2D eigenvalue weighted by Crippen LogP contribution is -2.26. The molecule has 2 aromatic rings. The summed E-state index contributed by atoms with van der Waals surface area (Å²) in [5, 5.41) is 6.16. The molecule has 3 rings (SSSR count). The highest BCUT2D eigenvalue weighted by Crippen LogP contribution is 2.24. The molecule has 1 amide bonds. The molecule has 28 heavy (non-hydrogen) atoms. The maximum atomic E-state index is 12.8. The van der Waals surface area contributed by atoms with Crippen LogP contribution in [0.4, 0.5) is 5.69 Å². The summed E-state index contributed by atoms with van der Waals surface area (Å²) >= 11 is 0. The summed E-state index contributed by atoms with van der Waals surface area (Å²) < 4.78 is 27.5. The van der Waals surface area contributed by atoms with E-state index < -0.39 is 10.0 Å². The van der Waals surface area contributed by atoms with Gasteiger partial charge in [-0.2, -0.15) is 0 Å². The lowest BCUT2D eigenvalue weighted by Gasteiger charge is -2.14. The van der Waals surface area contributed by atoms with Crippen LogP contribution in [0.2, 0.25) is 0 Å². The van der Waals surface area contributed by atoms with Crippen LogP contribution in [0.25, 0.3) is 0 Å². The molecule has 0 saturated heterocycles. The van der Waals surface area contributed by atoms with Gasteiger partial charge in [-0.3, -0.25) is 4.79 Å². The summed E-state index contributed by atoms with van der Waals surface area (Å²) in [5.41, 5.74) is 2.77. The number of halogens is 1. The number of para-hydroxylation sites is 1. The van der Waals surface area contributed by atoms with Gasteiger partial charge < -0.3 is 10.6 Å². The fourth-order valence-electron chi connectivity index (χ4n) is 2.75. The van der Waals surface area contributed by atoms with Crippen LogP contribution in [-0.2, 0) is 16.6 Å². The van der Waals surface area contributed by atoms with Gasteiger partial charge in [-0.25, -0.2) is 13.1 Å². The predicted octanol–water partition coefficient (Wildman–Crippen LogP) is 3.22. The van der Waals surface area contributed by atoms with E-state index in [2.05, 4.69) is 15.4 Å². The predicted molar refractivity (Wildman–Crippen MR) is 114 cm³/mol. The standard InChI is InChI=1S/C20H25N3O3S.ClH/c1-3-21-13-15-6-4-5-7-19(15)22-20(24)18-12-17(11-8-14(18)2)27(25,26)23-16-9-10-16;/h4-8,11-12,16,21,23H,3,9-10,13H2,1-2H3,(H,22,24);1H. The molecule has 0 bridgehead atoms. The number of carbonyl (C=O) groups excluding carboxylic acids is 1. The Hall–Kier alpha value is -1.93. The normalized spacial score (nSPS) is 13.6. The summed E-state index contributed by atoms with van der Waals surface area (Å²) in [4.78, 5) is 12.9. The second-order valence-electron chi connectivity index (χ2n) is 6.76. The largest absolute Gasteiger partial charge is 0.322 e. The van der Waals surface area contributed by atoms with E-state index in [9.17, 15) is 13.2 Å². The first kappa shape index (κ1) is 22.4. The van der Waals surface area contributed by atoms with Crippen LogP contribution in [0.1, 0.15) is 41.3 Å². The molecule has 3 N–H and O–H groups in total. The first-order valence-electron chi connectivity index (χ1n) is 9.13. The van der Waals surface area contributed by atoms with Gasteiger partial charge in [0, 0.05) is 23.8 Å². The van der Waals surface area contributed by atoms with E-state index in [1.165, 1.54) is 12.1 Å². The van der Waals surface area contributed by atoms with Crippen molar-refractivity contribution in [2.75, 3.05) is 11.9 Å². The van der Waals surface area contributed by atoms with Crippen LogP contribution in [0, 0.1) is 6.92 Å². The van der Waals surface area contributed by atoms with Crippen LogP contribution in [0.15, 0.2) is 47.4 Å². The highest BCUT2D eigenvalue weighted by molar-refractivity contribution is 7.89. The van der Waals surface area contributed by atoms with Gasteiger partial charge in [0.1, 0.15) is 0 Å². The molecule has 8 heteroatoms. The fourth-order valence-corrected chi connectivity index (χ4v) is 4.08. The van der Waals surface area contributed by atoms with E-state index in [0.717, 1.165) is 30.5 Å². The van der Waals surface area contributed by atoms with Crippen LogP contribution >= 0.6 is 12.4 Å². The molecule has 6 nitrogen and oxygen atoms in total. The Morgan fingerprint density at radius 1 is 1.14 bits per heavy atom. The Morgan fingerprint density at radius 2 is 1.86 bits per heavy atom. The Balaban J connectivity index is 0.00000280. The van der Waals surface area contributed by atoms with Gasteiger partial charge >= 0.3 is 0 Å². The summed E-state index contributed by atoms with van der Waals surface area (Å²) in [6.45, 7) is 5.29. The lowest BCUT2D eigenvalue weighted by molar-refractivity contribution is 0.102. The third kappa shape index (κ3) is 5.54. The van der Waals surface area contributed by atoms with Gasteiger partial charge in [-0.05, 0) is 55.6 Å². The number of sulfonamides is 1. The topological polar surface area (TPSA) is 87.3 Å². The number of hydrogen-bond acceptors (Lipinski definition) is 4. The molecule has 2 aromatic carbocycles. The number of hydrogen-bond donors (Lipinski definition) is 3. The molecule has 0 spiro atoms. The van der Waals surface area contributed by atoms with Gasteiger partial charge in [-0.1, -0.05) is 31.2 Å². The highest BCUT2D eigenvalue weighted by atomic mass is 35.5. The van der Waals surface area contributed by atoms with E-state index in [1.807, 2.05) is 31.2 Å². The second-order valence-corrected chi connectivity index (χ2v) is 8.48.